The van der Waals surface area contributed by atoms with E-state index in [1.54, 1.807) is 0 Å². The highest BCUT2D eigenvalue weighted by atomic mass is 16.3. The van der Waals surface area contributed by atoms with Crippen molar-refractivity contribution in [2.24, 2.45) is 23.5 Å². The molecule has 4 rings (SSSR count). The van der Waals surface area contributed by atoms with E-state index in [-0.39, 0.29) is 30.5 Å². The minimum atomic E-state index is -0.552. The summed E-state index contributed by atoms with van der Waals surface area (Å²) in [6.45, 7) is 6.50. The third kappa shape index (κ3) is 1.83. The lowest BCUT2D eigenvalue weighted by atomic mass is 9.63. The number of carbonyl (C=O) groups is 1. The van der Waals surface area contributed by atoms with E-state index in [1.165, 1.54) is 0 Å². The van der Waals surface area contributed by atoms with Crippen LogP contribution in [0.4, 0.5) is 0 Å². The number of primary amides is 1. The largest absolute Gasteiger partial charge is 0.396 e. The van der Waals surface area contributed by atoms with E-state index in [0.29, 0.717) is 11.8 Å². The lowest BCUT2D eigenvalue weighted by Crippen LogP contribution is -2.72. The fourth-order valence-corrected chi connectivity index (χ4v) is 5.06. The number of nitrogens with one attached hydrogen (secondary N) is 1. The molecular weight excluding hydrogens is 254 g/mol. The summed E-state index contributed by atoms with van der Waals surface area (Å²) in [7, 11) is 0. The van der Waals surface area contributed by atoms with Gasteiger partial charge < -0.3 is 16.2 Å². The standard InChI is InChI=1S/C15H27N3O2/c1-9(2)8-18-12(3-4-19)11-5-10-6-13(18)15(11,14(16)20)17-7-10/h9-13,17,19H,3-8H2,1-2H3,(H2,16,20). The molecule has 5 atom stereocenters. The molecule has 20 heavy (non-hydrogen) atoms. The maximum absolute atomic E-state index is 12.2. The zero-order chi connectivity index (χ0) is 14.5. The van der Waals surface area contributed by atoms with Crippen molar-refractivity contribution in [1.29, 1.82) is 0 Å². The van der Waals surface area contributed by atoms with Gasteiger partial charge in [0, 0.05) is 31.2 Å². The minimum absolute atomic E-state index is 0.183. The van der Waals surface area contributed by atoms with Crippen LogP contribution in [0.25, 0.3) is 0 Å². The van der Waals surface area contributed by atoms with Crippen LogP contribution in [0.15, 0.2) is 0 Å². The second-order valence-corrected chi connectivity index (χ2v) is 7.24. The SMILES string of the molecule is CC(C)CN1C(CCO)C2CC3CNC2(C(N)=O)C1C3. The minimum Gasteiger partial charge on any atom is -0.396 e. The van der Waals surface area contributed by atoms with Crippen LogP contribution in [0.1, 0.15) is 33.1 Å². The van der Waals surface area contributed by atoms with Crippen LogP contribution in [0, 0.1) is 17.8 Å². The van der Waals surface area contributed by atoms with Crippen molar-refractivity contribution in [2.45, 2.75) is 50.7 Å². The van der Waals surface area contributed by atoms with Crippen molar-refractivity contribution < 1.29 is 9.90 Å². The molecule has 1 aliphatic carbocycles. The molecule has 0 aromatic rings. The third-order valence-corrected chi connectivity index (χ3v) is 5.64. The van der Waals surface area contributed by atoms with Gasteiger partial charge in [0.05, 0.1) is 0 Å². The number of hydrogen-bond acceptors (Lipinski definition) is 4. The first-order valence-electron chi connectivity index (χ1n) is 7.92. The van der Waals surface area contributed by atoms with Gasteiger partial charge in [0.1, 0.15) is 5.54 Å². The fourth-order valence-electron chi connectivity index (χ4n) is 5.06. The first-order valence-corrected chi connectivity index (χ1v) is 7.92. The summed E-state index contributed by atoms with van der Waals surface area (Å²) >= 11 is 0. The van der Waals surface area contributed by atoms with Gasteiger partial charge in [-0.2, -0.15) is 0 Å². The Balaban J connectivity index is 1.97. The molecule has 0 aromatic carbocycles. The highest BCUT2D eigenvalue weighted by Crippen LogP contribution is 2.53. The van der Waals surface area contributed by atoms with Crippen LogP contribution in [-0.2, 0) is 4.79 Å². The topological polar surface area (TPSA) is 78.6 Å². The Labute approximate surface area is 120 Å². The number of carbonyl (C=O) groups excluding carboxylic acids is 1. The van der Waals surface area contributed by atoms with Crippen molar-refractivity contribution in [1.82, 2.24) is 10.2 Å². The number of likely N-dealkylation sites (tertiary alicyclic amines) is 1. The van der Waals surface area contributed by atoms with Gasteiger partial charge >= 0.3 is 0 Å². The van der Waals surface area contributed by atoms with Crippen molar-refractivity contribution in [3.8, 4) is 0 Å². The zero-order valence-corrected chi connectivity index (χ0v) is 12.5. The number of hydrogen-bond donors (Lipinski definition) is 3. The second-order valence-electron chi connectivity index (χ2n) is 7.24. The molecule has 1 saturated carbocycles. The van der Waals surface area contributed by atoms with Gasteiger partial charge in [-0.05, 0) is 37.6 Å². The smallest absolute Gasteiger partial charge is 0.239 e. The molecule has 4 bridgehead atoms. The Morgan fingerprint density at radius 2 is 2.25 bits per heavy atom. The molecule has 0 aromatic heterocycles. The lowest BCUT2D eigenvalue weighted by molar-refractivity contribution is -0.131. The molecule has 5 unspecified atom stereocenters. The number of fused-ring (bicyclic) bond motifs is 1. The van der Waals surface area contributed by atoms with Crippen LogP contribution >= 0.6 is 0 Å². The number of piperidine rings is 2. The van der Waals surface area contributed by atoms with E-state index in [0.717, 1.165) is 32.4 Å². The Bertz CT molecular complexity index is 401. The molecule has 3 aliphatic heterocycles. The number of aliphatic hydroxyl groups is 1. The molecule has 114 valence electrons. The van der Waals surface area contributed by atoms with Crippen LogP contribution in [0.3, 0.4) is 0 Å². The zero-order valence-electron chi connectivity index (χ0n) is 12.5. The number of nitrogens with zero attached hydrogens (tertiary/aromatic N) is 1. The predicted molar refractivity (Wildman–Crippen MR) is 77.0 cm³/mol. The van der Waals surface area contributed by atoms with Crippen molar-refractivity contribution in [2.75, 3.05) is 19.7 Å². The van der Waals surface area contributed by atoms with Crippen molar-refractivity contribution in [3.63, 3.8) is 0 Å². The van der Waals surface area contributed by atoms with Gasteiger partial charge in [-0.25, -0.2) is 0 Å². The number of amides is 1. The molecular formula is C15H27N3O2. The molecule has 4 aliphatic rings. The predicted octanol–water partition coefficient (Wildman–Crippen LogP) is -0.0689. The number of nitrogens with two attached hydrogens (primary N) is 1. The van der Waals surface area contributed by atoms with E-state index in [9.17, 15) is 9.90 Å². The Hall–Kier alpha value is -0.650. The Kier molecular flexibility index (Phi) is 3.55. The molecule has 3 saturated heterocycles. The summed E-state index contributed by atoms with van der Waals surface area (Å²) < 4.78 is 0. The van der Waals surface area contributed by atoms with Crippen molar-refractivity contribution >= 4 is 5.91 Å². The highest BCUT2D eigenvalue weighted by molar-refractivity contribution is 5.87. The molecule has 0 spiro atoms. The van der Waals surface area contributed by atoms with Crippen LogP contribution in [-0.4, -0.2) is 53.2 Å². The fraction of sp³-hybridized carbons (Fsp3) is 0.933. The van der Waals surface area contributed by atoms with E-state index < -0.39 is 5.54 Å². The van der Waals surface area contributed by atoms with Gasteiger partial charge in [-0.15, -0.1) is 0 Å². The quantitative estimate of drug-likeness (QED) is 0.659. The average molecular weight is 281 g/mol. The maximum Gasteiger partial charge on any atom is 0.239 e. The maximum atomic E-state index is 12.2. The molecule has 1 amide bonds. The van der Waals surface area contributed by atoms with Gasteiger partial charge in [0.15, 0.2) is 0 Å². The normalized spacial score (nSPS) is 43.4. The molecule has 4 fully saturated rings. The second kappa shape index (κ2) is 4.97. The molecule has 4 N–H and O–H groups in total. The average Bonchev–Trinajstić information content (AvgIpc) is 2.57. The van der Waals surface area contributed by atoms with Crippen LogP contribution in [0.2, 0.25) is 0 Å². The Morgan fingerprint density at radius 1 is 1.50 bits per heavy atom. The monoisotopic (exact) mass is 281 g/mol. The molecule has 5 heteroatoms. The van der Waals surface area contributed by atoms with E-state index in [2.05, 4.69) is 24.1 Å². The molecule has 5 nitrogen and oxygen atoms in total. The summed E-state index contributed by atoms with van der Waals surface area (Å²) in [5.74, 6) is 1.28. The summed E-state index contributed by atoms with van der Waals surface area (Å²) in [6.07, 6.45) is 2.89. The summed E-state index contributed by atoms with van der Waals surface area (Å²) in [5.41, 5.74) is 5.27. The molecule has 0 radical (unpaired) electrons. The first kappa shape index (κ1) is 14.3. The van der Waals surface area contributed by atoms with Gasteiger partial charge in [-0.1, -0.05) is 13.8 Å². The van der Waals surface area contributed by atoms with Crippen LogP contribution in [0.5, 0.6) is 0 Å². The molecule has 3 heterocycles. The summed E-state index contributed by atoms with van der Waals surface area (Å²) in [6, 6.07) is 0.508. The van der Waals surface area contributed by atoms with Gasteiger partial charge in [0.2, 0.25) is 5.91 Å². The van der Waals surface area contributed by atoms with Crippen molar-refractivity contribution in [3.05, 3.63) is 0 Å². The lowest BCUT2D eigenvalue weighted by Gasteiger charge is -2.51. The summed E-state index contributed by atoms with van der Waals surface area (Å²) in [4.78, 5) is 14.7. The third-order valence-electron chi connectivity index (χ3n) is 5.64. The van der Waals surface area contributed by atoms with E-state index in [4.69, 9.17) is 5.73 Å². The highest BCUT2D eigenvalue weighted by Gasteiger charge is 2.67. The first-order chi connectivity index (χ1) is 9.50. The van der Waals surface area contributed by atoms with Gasteiger partial charge in [0.25, 0.3) is 0 Å². The summed E-state index contributed by atoms with van der Waals surface area (Å²) in [5, 5.41) is 12.9. The van der Waals surface area contributed by atoms with E-state index >= 15 is 0 Å². The van der Waals surface area contributed by atoms with E-state index in [1.807, 2.05) is 0 Å². The van der Waals surface area contributed by atoms with Crippen LogP contribution < -0.4 is 11.1 Å². The Morgan fingerprint density at radius 3 is 2.85 bits per heavy atom. The number of rotatable bonds is 5. The van der Waals surface area contributed by atoms with Gasteiger partial charge in [-0.3, -0.25) is 9.69 Å². The number of aliphatic hydroxyl groups excluding tert-OH is 1.